The van der Waals surface area contributed by atoms with Crippen LogP contribution < -0.4 is 4.72 Å². The molecule has 0 aliphatic carbocycles. The van der Waals surface area contributed by atoms with Crippen LogP contribution in [0.15, 0.2) is 70.9 Å². The third-order valence-electron chi connectivity index (χ3n) is 3.75. The first-order valence-corrected chi connectivity index (χ1v) is 9.42. The number of nitrogens with one attached hydrogen (secondary N) is 2. The van der Waals surface area contributed by atoms with Gasteiger partial charge in [0.15, 0.2) is 5.03 Å². The number of para-hydroxylation sites is 1. The average molecular weight is 382 g/mol. The van der Waals surface area contributed by atoms with Gasteiger partial charge in [0.1, 0.15) is 0 Å². The number of rotatable bonds is 6. The molecule has 9 nitrogen and oxygen atoms in total. The summed E-state index contributed by atoms with van der Waals surface area (Å²) in [5.74, 6) is 0.788. The van der Waals surface area contributed by atoms with E-state index < -0.39 is 10.0 Å². The van der Waals surface area contributed by atoms with Crippen LogP contribution in [0.2, 0.25) is 0 Å². The number of aromatic nitrogens is 5. The number of pyridine rings is 1. The van der Waals surface area contributed by atoms with Crippen LogP contribution in [0.3, 0.4) is 0 Å². The van der Waals surface area contributed by atoms with Crippen LogP contribution in [-0.4, -0.2) is 33.5 Å². The third-order valence-corrected chi connectivity index (χ3v) is 5.04. The Morgan fingerprint density at radius 1 is 1.07 bits per heavy atom. The molecule has 0 aliphatic heterocycles. The highest BCUT2D eigenvalue weighted by Gasteiger charge is 2.18. The highest BCUT2D eigenvalue weighted by molar-refractivity contribution is 7.92. The number of sulfonamides is 1. The van der Waals surface area contributed by atoms with E-state index in [0.717, 1.165) is 5.56 Å². The first-order chi connectivity index (χ1) is 13.1. The van der Waals surface area contributed by atoms with E-state index in [1.165, 1.54) is 12.5 Å². The summed E-state index contributed by atoms with van der Waals surface area (Å²) in [7, 11) is -3.77. The smallest absolute Gasteiger partial charge is 0.278 e. The Balaban J connectivity index is 1.58. The SMILES string of the molecule is O=S(=O)(Nc1ccccc1Cc1nc(-c2cccnc2)no1)c1cnc[nH]1. The van der Waals surface area contributed by atoms with Gasteiger partial charge in [0.25, 0.3) is 10.0 Å². The zero-order valence-electron chi connectivity index (χ0n) is 13.9. The van der Waals surface area contributed by atoms with Crippen molar-refractivity contribution in [2.24, 2.45) is 0 Å². The number of benzene rings is 1. The van der Waals surface area contributed by atoms with Crippen LogP contribution >= 0.6 is 0 Å². The van der Waals surface area contributed by atoms with Crippen molar-refractivity contribution in [3.63, 3.8) is 0 Å². The van der Waals surface area contributed by atoms with Crippen LogP contribution in [0.1, 0.15) is 11.5 Å². The first-order valence-electron chi connectivity index (χ1n) is 7.94. The van der Waals surface area contributed by atoms with Crippen molar-refractivity contribution in [1.29, 1.82) is 0 Å². The Morgan fingerprint density at radius 3 is 2.74 bits per heavy atom. The number of nitrogens with zero attached hydrogens (tertiary/aromatic N) is 4. The zero-order valence-corrected chi connectivity index (χ0v) is 14.7. The molecule has 4 rings (SSSR count). The molecule has 0 aliphatic rings. The predicted octanol–water partition coefficient (Wildman–Crippen LogP) is 2.25. The zero-order chi connectivity index (χ0) is 18.7. The van der Waals surface area contributed by atoms with Gasteiger partial charge >= 0.3 is 0 Å². The minimum absolute atomic E-state index is 0.0195. The Bertz CT molecular complexity index is 1140. The number of aromatic amines is 1. The lowest BCUT2D eigenvalue weighted by molar-refractivity contribution is 0.386. The van der Waals surface area contributed by atoms with Crippen LogP contribution in [0, 0.1) is 0 Å². The summed E-state index contributed by atoms with van der Waals surface area (Å²) in [4.78, 5) is 14.7. The summed E-state index contributed by atoms with van der Waals surface area (Å²) in [6.07, 6.45) is 6.12. The van der Waals surface area contributed by atoms with Crippen molar-refractivity contribution in [2.45, 2.75) is 11.4 Å². The lowest BCUT2D eigenvalue weighted by Crippen LogP contribution is -2.14. The topological polar surface area (TPSA) is 127 Å². The maximum atomic E-state index is 12.4. The van der Waals surface area contributed by atoms with E-state index in [0.29, 0.717) is 23.0 Å². The molecule has 0 atom stereocenters. The molecule has 0 saturated heterocycles. The maximum Gasteiger partial charge on any atom is 0.278 e. The summed E-state index contributed by atoms with van der Waals surface area (Å²) < 4.78 is 32.7. The van der Waals surface area contributed by atoms with Gasteiger partial charge in [0.05, 0.1) is 24.6 Å². The number of hydrogen-bond donors (Lipinski definition) is 2. The van der Waals surface area contributed by atoms with E-state index in [2.05, 4.69) is 29.8 Å². The molecule has 136 valence electrons. The van der Waals surface area contributed by atoms with E-state index in [4.69, 9.17) is 4.52 Å². The molecule has 0 saturated carbocycles. The lowest BCUT2D eigenvalue weighted by atomic mass is 10.1. The number of H-pyrrole nitrogens is 1. The average Bonchev–Trinajstić information content (AvgIpc) is 3.36. The summed E-state index contributed by atoms with van der Waals surface area (Å²) in [5.41, 5.74) is 1.86. The minimum Gasteiger partial charge on any atom is -0.339 e. The number of hydrogen-bond acceptors (Lipinski definition) is 7. The molecule has 0 spiro atoms. The number of imidazole rings is 1. The van der Waals surface area contributed by atoms with Crippen molar-refractivity contribution in [3.05, 3.63) is 72.8 Å². The first kappa shape index (κ1) is 16.9. The fourth-order valence-corrected chi connectivity index (χ4v) is 3.47. The number of anilines is 1. The summed E-state index contributed by atoms with van der Waals surface area (Å²) in [6.45, 7) is 0. The Hall–Kier alpha value is -3.53. The van der Waals surface area contributed by atoms with Gasteiger partial charge in [-0.15, -0.1) is 0 Å². The normalized spacial score (nSPS) is 11.4. The van der Waals surface area contributed by atoms with Gasteiger partial charge in [-0.2, -0.15) is 13.4 Å². The minimum atomic E-state index is -3.77. The standard InChI is InChI=1S/C17H14N6O3S/c24-27(25,16-10-19-11-20-16)23-14-6-2-1-4-12(14)8-15-21-17(22-26-15)13-5-3-7-18-9-13/h1-7,9-11,23H,8H2,(H,19,20). The molecule has 0 amide bonds. The fraction of sp³-hybridized carbons (Fsp3) is 0.0588. The van der Waals surface area contributed by atoms with Gasteiger partial charge in [0, 0.05) is 18.0 Å². The highest BCUT2D eigenvalue weighted by atomic mass is 32.2. The summed E-state index contributed by atoms with van der Waals surface area (Å²) >= 11 is 0. The van der Waals surface area contributed by atoms with Gasteiger partial charge in [-0.3, -0.25) is 9.71 Å². The van der Waals surface area contributed by atoms with Crippen molar-refractivity contribution < 1.29 is 12.9 Å². The molecular weight excluding hydrogens is 368 g/mol. The van der Waals surface area contributed by atoms with E-state index >= 15 is 0 Å². The van der Waals surface area contributed by atoms with E-state index in [1.54, 1.807) is 36.7 Å². The molecule has 0 fully saturated rings. The predicted molar refractivity (Wildman–Crippen MR) is 96.2 cm³/mol. The van der Waals surface area contributed by atoms with Crippen molar-refractivity contribution in [1.82, 2.24) is 25.1 Å². The molecule has 0 bridgehead atoms. The molecule has 2 N–H and O–H groups in total. The van der Waals surface area contributed by atoms with Crippen LogP contribution in [-0.2, 0) is 16.4 Å². The van der Waals surface area contributed by atoms with Crippen molar-refractivity contribution in [2.75, 3.05) is 4.72 Å². The van der Waals surface area contributed by atoms with Gasteiger partial charge in [-0.1, -0.05) is 23.4 Å². The van der Waals surface area contributed by atoms with E-state index in [1.807, 2.05) is 12.1 Å². The van der Waals surface area contributed by atoms with E-state index in [9.17, 15) is 8.42 Å². The molecular formula is C17H14N6O3S. The Kier molecular flexibility index (Phi) is 4.38. The molecule has 0 radical (unpaired) electrons. The summed E-state index contributed by atoms with van der Waals surface area (Å²) in [6, 6.07) is 10.6. The van der Waals surface area contributed by atoms with Gasteiger partial charge < -0.3 is 9.51 Å². The van der Waals surface area contributed by atoms with E-state index in [-0.39, 0.29) is 11.4 Å². The molecule has 10 heteroatoms. The van der Waals surface area contributed by atoms with Crippen LogP contribution in [0.4, 0.5) is 5.69 Å². The molecule has 27 heavy (non-hydrogen) atoms. The molecule has 3 heterocycles. The monoisotopic (exact) mass is 382 g/mol. The Labute approximate surface area is 154 Å². The molecule has 0 unspecified atom stereocenters. The lowest BCUT2D eigenvalue weighted by Gasteiger charge is -2.10. The molecule has 4 aromatic rings. The van der Waals surface area contributed by atoms with Crippen LogP contribution in [0.5, 0.6) is 0 Å². The fourth-order valence-electron chi connectivity index (χ4n) is 2.47. The van der Waals surface area contributed by atoms with Gasteiger partial charge in [0.2, 0.25) is 11.7 Å². The van der Waals surface area contributed by atoms with Crippen molar-refractivity contribution in [3.8, 4) is 11.4 Å². The summed E-state index contributed by atoms with van der Waals surface area (Å²) in [5, 5.41) is 3.93. The molecule has 1 aromatic carbocycles. The quantitative estimate of drug-likeness (QED) is 0.523. The molecule has 3 aromatic heterocycles. The highest BCUT2D eigenvalue weighted by Crippen LogP contribution is 2.22. The van der Waals surface area contributed by atoms with Crippen LogP contribution in [0.25, 0.3) is 11.4 Å². The van der Waals surface area contributed by atoms with Gasteiger partial charge in [-0.25, -0.2) is 4.98 Å². The van der Waals surface area contributed by atoms with Gasteiger partial charge in [-0.05, 0) is 23.8 Å². The third kappa shape index (κ3) is 3.70. The second-order valence-corrected chi connectivity index (χ2v) is 7.26. The second kappa shape index (κ2) is 7.00. The second-order valence-electron chi connectivity index (χ2n) is 5.61. The Morgan fingerprint density at radius 2 is 1.96 bits per heavy atom. The maximum absolute atomic E-state index is 12.4. The largest absolute Gasteiger partial charge is 0.339 e. The van der Waals surface area contributed by atoms with Crippen molar-refractivity contribution >= 4 is 15.7 Å².